The van der Waals surface area contributed by atoms with Crippen molar-refractivity contribution in [3.63, 3.8) is 0 Å². The van der Waals surface area contributed by atoms with Crippen molar-refractivity contribution in [2.75, 3.05) is 12.8 Å². The molecule has 4 N–H and O–H groups in total. The van der Waals surface area contributed by atoms with Gasteiger partial charge in [0.05, 0.1) is 18.3 Å². The monoisotopic (exact) mass is 472 g/mol. The molecule has 1 aliphatic heterocycles. The molecule has 1 aromatic rings. The van der Waals surface area contributed by atoms with E-state index >= 15 is 0 Å². The zero-order valence-electron chi connectivity index (χ0n) is 18.8. The summed E-state index contributed by atoms with van der Waals surface area (Å²) in [6.07, 6.45) is 2.38. The Morgan fingerprint density at radius 2 is 1.97 bits per heavy atom. The average molecular weight is 473 g/mol. The van der Waals surface area contributed by atoms with Gasteiger partial charge in [0.2, 0.25) is 21.8 Å². The van der Waals surface area contributed by atoms with Gasteiger partial charge in [0.15, 0.2) is 0 Å². The number of rotatable bonds is 7. The zero-order valence-corrected chi connectivity index (χ0v) is 20.4. The minimum atomic E-state index is -3.70. The van der Waals surface area contributed by atoms with Crippen molar-refractivity contribution in [2.45, 2.75) is 65.2 Å². The smallest absolute Gasteiger partial charge is 0.249 e. The Hall–Kier alpha value is -1.52. The highest BCUT2D eigenvalue weighted by Crippen LogP contribution is 2.28. The molecule has 1 saturated heterocycles. The quantitative estimate of drug-likeness (QED) is 0.555. The van der Waals surface area contributed by atoms with Crippen LogP contribution in [-0.2, 0) is 32.7 Å². The predicted octanol–water partition coefficient (Wildman–Crippen LogP) is 1.76. The lowest BCUT2D eigenvalue weighted by Crippen LogP contribution is -2.60. The molecule has 1 aliphatic rings. The Morgan fingerprint density at radius 3 is 2.45 bits per heavy atom. The maximum atomic E-state index is 13.7. The molecule has 0 radical (unpaired) electrons. The van der Waals surface area contributed by atoms with Gasteiger partial charge in [0, 0.05) is 11.6 Å². The maximum absolute atomic E-state index is 13.7. The van der Waals surface area contributed by atoms with Crippen molar-refractivity contribution in [3.05, 3.63) is 34.3 Å². The summed E-state index contributed by atoms with van der Waals surface area (Å²) in [5, 5.41) is 3.64. The minimum Gasteiger partial charge on any atom is -0.326 e. The minimum absolute atomic E-state index is 0.0555. The Morgan fingerprint density at radius 1 is 1.32 bits per heavy atom. The van der Waals surface area contributed by atoms with Crippen LogP contribution in [0.5, 0.6) is 0 Å². The van der Waals surface area contributed by atoms with E-state index in [1.54, 1.807) is 45.9 Å². The molecule has 174 valence electrons. The largest absolute Gasteiger partial charge is 0.326 e. The van der Waals surface area contributed by atoms with E-state index in [0.717, 1.165) is 23.1 Å². The molecule has 2 rings (SSSR count). The predicted molar refractivity (Wildman–Crippen MR) is 122 cm³/mol. The summed E-state index contributed by atoms with van der Waals surface area (Å²) < 4.78 is 26.4. The molecule has 2 amide bonds. The number of nitrogens with two attached hydrogens (primary N) is 1. The first-order valence-electron chi connectivity index (χ1n) is 10.2. The number of halogens is 1. The lowest BCUT2D eigenvalue weighted by molar-refractivity contribution is -0.151. The van der Waals surface area contributed by atoms with Gasteiger partial charge in [-0.1, -0.05) is 38.4 Å². The molecule has 8 nitrogen and oxygen atoms in total. The molecule has 10 heteroatoms. The van der Waals surface area contributed by atoms with E-state index in [4.69, 9.17) is 17.3 Å². The third kappa shape index (κ3) is 6.49. The number of sulfonamides is 1. The second-order valence-corrected chi connectivity index (χ2v) is 11.6. The number of hydrogen-bond acceptors (Lipinski definition) is 6. The lowest BCUT2D eigenvalue weighted by Gasteiger charge is -2.37. The van der Waals surface area contributed by atoms with Crippen LogP contribution in [0.1, 0.15) is 51.7 Å². The lowest BCUT2D eigenvalue weighted by atomic mass is 9.86. The highest BCUT2D eigenvalue weighted by molar-refractivity contribution is 7.88. The van der Waals surface area contributed by atoms with Crippen molar-refractivity contribution < 1.29 is 18.0 Å². The molecule has 1 aromatic carbocycles. The fourth-order valence-corrected chi connectivity index (χ4v) is 4.78. The second kappa shape index (κ2) is 9.54. The van der Waals surface area contributed by atoms with Crippen molar-refractivity contribution in [3.8, 4) is 0 Å². The molecule has 1 heterocycles. The van der Waals surface area contributed by atoms with Crippen molar-refractivity contribution in [2.24, 2.45) is 11.1 Å². The Balaban J connectivity index is 2.54. The summed E-state index contributed by atoms with van der Waals surface area (Å²) in [5.41, 5.74) is 5.57. The number of nitrogens with zero attached hydrogens (tertiary/aromatic N) is 1. The van der Waals surface area contributed by atoms with Crippen LogP contribution in [0.3, 0.4) is 0 Å². The zero-order chi connectivity index (χ0) is 23.6. The molecule has 0 spiro atoms. The van der Waals surface area contributed by atoms with E-state index in [9.17, 15) is 18.0 Å². The summed E-state index contributed by atoms with van der Waals surface area (Å²) in [6, 6.07) is 4.01. The molecule has 0 bridgehead atoms. The van der Waals surface area contributed by atoms with Crippen molar-refractivity contribution in [1.82, 2.24) is 14.9 Å². The number of carbonyl (C=O) groups is 2. The van der Waals surface area contributed by atoms with Gasteiger partial charge in [-0.3, -0.25) is 14.5 Å². The highest BCUT2D eigenvalue weighted by atomic mass is 35.5. The van der Waals surface area contributed by atoms with Crippen LogP contribution in [0.2, 0.25) is 5.02 Å². The fourth-order valence-electron chi connectivity index (χ4n) is 3.70. The average Bonchev–Trinajstić information content (AvgIpc) is 3.09. The summed E-state index contributed by atoms with van der Waals surface area (Å²) in [6.45, 7) is 7.83. The van der Waals surface area contributed by atoms with Gasteiger partial charge in [0.25, 0.3) is 0 Å². The molecule has 2 atom stereocenters. The fraction of sp³-hybridized carbons (Fsp3) is 0.619. The molecule has 1 fully saturated rings. The third-order valence-electron chi connectivity index (χ3n) is 5.51. The number of amides is 2. The van der Waals surface area contributed by atoms with E-state index in [-0.39, 0.29) is 13.1 Å². The molecule has 0 aliphatic carbocycles. The van der Waals surface area contributed by atoms with Gasteiger partial charge >= 0.3 is 0 Å². The summed E-state index contributed by atoms with van der Waals surface area (Å²) >= 11 is 6.16. The van der Waals surface area contributed by atoms with E-state index in [2.05, 4.69) is 10.0 Å². The van der Waals surface area contributed by atoms with Crippen LogP contribution in [0.15, 0.2) is 18.2 Å². The molecule has 0 unspecified atom stereocenters. The SMILES string of the molecule is CC(C)(C)[C@@H](NS(C)(=O)=O)C(=O)N(Cc1cc(Cl)ccc1CN)C(=O)[C@]1(C)CCCN1. The van der Waals surface area contributed by atoms with Crippen LogP contribution in [0.4, 0.5) is 0 Å². The first-order valence-corrected chi connectivity index (χ1v) is 12.5. The van der Waals surface area contributed by atoms with Crippen LogP contribution in [0, 0.1) is 5.41 Å². The van der Waals surface area contributed by atoms with E-state index in [1.165, 1.54) is 0 Å². The molecule has 0 aromatic heterocycles. The molecule has 31 heavy (non-hydrogen) atoms. The normalized spacial score (nSPS) is 20.5. The number of nitrogens with one attached hydrogen (secondary N) is 2. The van der Waals surface area contributed by atoms with Crippen molar-refractivity contribution in [1.29, 1.82) is 0 Å². The number of carbonyl (C=O) groups excluding carboxylic acids is 2. The number of hydrogen-bond donors (Lipinski definition) is 3. The first-order chi connectivity index (χ1) is 14.2. The van der Waals surface area contributed by atoms with Crippen LogP contribution in [-0.4, -0.2) is 49.5 Å². The highest BCUT2D eigenvalue weighted by Gasteiger charge is 2.45. The second-order valence-electron chi connectivity index (χ2n) is 9.40. The summed E-state index contributed by atoms with van der Waals surface area (Å²) in [7, 11) is -3.70. The van der Waals surface area contributed by atoms with Gasteiger partial charge in [0.1, 0.15) is 6.04 Å². The Bertz CT molecular complexity index is 937. The third-order valence-corrected chi connectivity index (χ3v) is 6.41. The van der Waals surface area contributed by atoms with Crippen LogP contribution >= 0.6 is 11.6 Å². The van der Waals surface area contributed by atoms with Gasteiger partial charge in [-0.05, 0) is 55.0 Å². The Kier molecular flexibility index (Phi) is 7.92. The molecular formula is C21H33ClN4O4S. The molecule has 0 saturated carbocycles. The summed E-state index contributed by atoms with van der Waals surface area (Å²) in [4.78, 5) is 28.4. The van der Waals surface area contributed by atoms with Crippen LogP contribution in [0.25, 0.3) is 0 Å². The van der Waals surface area contributed by atoms with Crippen LogP contribution < -0.4 is 15.8 Å². The van der Waals surface area contributed by atoms with Gasteiger partial charge < -0.3 is 11.1 Å². The first kappa shape index (κ1) is 25.7. The standard InChI is InChI=1S/C21H33ClN4O4S/c1-20(2,3)17(25-31(5,29)30)18(27)26(19(28)21(4)9-6-10-24-21)13-15-11-16(22)8-7-14(15)12-23/h7-8,11,17,24-25H,6,9-10,12-13,23H2,1-5H3/t17-,21-/m0/s1. The number of benzene rings is 1. The Labute approximate surface area is 189 Å². The topological polar surface area (TPSA) is 122 Å². The van der Waals surface area contributed by atoms with Gasteiger partial charge in [-0.25, -0.2) is 13.1 Å². The van der Waals surface area contributed by atoms with Crippen molar-refractivity contribution >= 4 is 33.4 Å². The maximum Gasteiger partial charge on any atom is 0.249 e. The van der Waals surface area contributed by atoms with E-state index in [0.29, 0.717) is 23.6 Å². The summed E-state index contributed by atoms with van der Waals surface area (Å²) in [5.74, 6) is -1.01. The van der Waals surface area contributed by atoms with Gasteiger partial charge in [-0.2, -0.15) is 0 Å². The molecular weight excluding hydrogens is 440 g/mol. The van der Waals surface area contributed by atoms with E-state index < -0.39 is 38.8 Å². The van der Waals surface area contributed by atoms with E-state index in [1.807, 2.05) is 0 Å². The number of imide groups is 1. The van der Waals surface area contributed by atoms with Gasteiger partial charge in [-0.15, -0.1) is 0 Å².